The summed E-state index contributed by atoms with van der Waals surface area (Å²) in [6.07, 6.45) is 1.51. The van der Waals surface area contributed by atoms with Gasteiger partial charge in [0.15, 0.2) is 0 Å². The maximum Gasteiger partial charge on any atom is 0.244 e. The number of rotatable bonds is 6. The van der Waals surface area contributed by atoms with Gasteiger partial charge in [-0.05, 0) is 38.4 Å². The molecule has 2 amide bonds. The standard InChI is InChI=1S/C17H18F2N4O2/c1-23(2)16(15-11(18)6-5-7-12(15)19)17(25)21-10-14(24)22-13-8-3-4-9-20-13/h3-9,16H,10H2,1-2H3,(H,21,25)(H,20,22,24). The third-order valence-electron chi connectivity index (χ3n) is 3.39. The number of carbonyl (C=O) groups excluding carboxylic acids is 2. The highest BCUT2D eigenvalue weighted by Gasteiger charge is 2.29. The van der Waals surface area contributed by atoms with Crippen molar-refractivity contribution in [2.24, 2.45) is 0 Å². The van der Waals surface area contributed by atoms with E-state index >= 15 is 0 Å². The molecule has 0 saturated carbocycles. The number of nitrogens with one attached hydrogen (secondary N) is 2. The SMILES string of the molecule is CN(C)C(C(=O)NCC(=O)Nc1ccccn1)c1c(F)cccc1F. The van der Waals surface area contributed by atoms with Crippen LogP contribution in [0.3, 0.4) is 0 Å². The molecule has 1 unspecified atom stereocenters. The van der Waals surface area contributed by atoms with Crippen molar-refractivity contribution in [3.63, 3.8) is 0 Å². The van der Waals surface area contributed by atoms with E-state index in [-0.39, 0.29) is 12.1 Å². The topological polar surface area (TPSA) is 74.3 Å². The molecule has 132 valence electrons. The number of aromatic nitrogens is 1. The van der Waals surface area contributed by atoms with Crippen molar-refractivity contribution in [3.8, 4) is 0 Å². The number of hydrogen-bond donors (Lipinski definition) is 2. The summed E-state index contributed by atoms with van der Waals surface area (Å²) in [6, 6.07) is 7.16. The van der Waals surface area contributed by atoms with Crippen LogP contribution in [-0.2, 0) is 9.59 Å². The molecule has 2 aromatic rings. The molecule has 6 nitrogen and oxygen atoms in total. The number of amides is 2. The molecule has 1 heterocycles. The van der Waals surface area contributed by atoms with Gasteiger partial charge in [-0.1, -0.05) is 12.1 Å². The first-order valence-electron chi connectivity index (χ1n) is 7.49. The van der Waals surface area contributed by atoms with Crippen molar-refractivity contribution in [1.29, 1.82) is 0 Å². The minimum Gasteiger partial charge on any atom is -0.345 e. The van der Waals surface area contributed by atoms with Crippen molar-refractivity contribution < 1.29 is 18.4 Å². The van der Waals surface area contributed by atoms with Gasteiger partial charge in [0.1, 0.15) is 23.5 Å². The van der Waals surface area contributed by atoms with Crippen LogP contribution in [0.15, 0.2) is 42.6 Å². The van der Waals surface area contributed by atoms with Crippen molar-refractivity contribution in [1.82, 2.24) is 15.2 Å². The van der Waals surface area contributed by atoms with E-state index in [0.717, 1.165) is 12.1 Å². The minimum absolute atomic E-state index is 0.339. The van der Waals surface area contributed by atoms with Crippen LogP contribution in [-0.4, -0.2) is 42.3 Å². The normalized spacial score (nSPS) is 11.9. The Morgan fingerprint density at radius 2 is 1.80 bits per heavy atom. The molecule has 0 spiro atoms. The van der Waals surface area contributed by atoms with Crippen LogP contribution in [0, 0.1) is 11.6 Å². The lowest BCUT2D eigenvalue weighted by Gasteiger charge is -2.24. The second kappa shape index (κ2) is 8.29. The summed E-state index contributed by atoms with van der Waals surface area (Å²) in [6.45, 7) is -0.351. The molecule has 25 heavy (non-hydrogen) atoms. The fourth-order valence-electron chi connectivity index (χ4n) is 2.28. The molecule has 2 rings (SSSR count). The molecule has 2 N–H and O–H groups in total. The zero-order valence-electron chi connectivity index (χ0n) is 13.8. The molecule has 0 fully saturated rings. The van der Waals surface area contributed by atoms with Crippen LogP contribution in [0.25, 0.3) is 0 Å². The van der Waals surface area contributed by atoms with Crippen molar-refractivity contribution in [3.05, 3.63) is 59.8 Å². The molecule has 1 aromatic heterocycles. The predicted octanol–water partition coefficient (Wildman–Crippen LogP) is 1.72. The van der Waals surface area contributed by atoms with Crippen LogP contribution in [0.5, 0.6) is 0 Å². The molecule has 0 aliphatic heterocycles. The van der Waals surface area contributed by atoms with Crippen LogP contribution in [0.2, 0.25) is 0 Å². The van der Waals surface area contributed by atoms with Crippen molar-refractivity contribution in [2.45, 2.75) is 6.04 Å². The Hall–Kier alpha value is -2.87. The van der Waals surface area contributed by atoms with Crippen LogP contribution in [0.4, 0.5) is 14.6 Å². The van der Waals surface area contributed by atoms with Crippen LogP contribution in [0.1, 0.15) is 11.6 Å². The van der Waals surface area contributed by atoms with Crippen LogP contribution < -0.4 is 10.6 Å². The number of benzene rings is 1. The Morgan fingerprint density at radius 3 is 2.36 bits per heavy atom. The third-order valence-corrected chi connectivity index (χ3v) is 3.39. The summed E-state index contributed by atoms with van der Waals surface area (Å²) >= 11 is 0. The summed E-state index contributed by atoms with van der Waals surface area (Å²) in [5, 5.41) is 4.88. The molecular formula is C17H18F2N4O2. The summed E-state index contributed by atoms with van der Waals surface area (Å²) in [7, 11) is 3.04. The molecule has 1 atom stereocenters. The average Bonchev–Trinajstić information content (AvgIpc) is 2.56. The highest BCUT2D eigenvalue weighted by atomic mass is 19.1. The monoisotopic (exact) mass is 348 g/mol. The quantitative estimate of drug-likeness (QED) is 0.834. The Morgan fingerprint density at radius 1 is 1.12 bits per heavy atom. The maximum atomic E-state index is 14.0. The van der Waals surface area contributed by atoms with Gasteiger partial charge in [0, 0.05) is 6.20 Å². The Labute approximate surface area is 143 Å². The van der Waals surface area contributed by atoms with Gasteiger partial charge >= 0.3 is 0 Å². The molecule has 1 aromatic carbocycles. The van der Waals surface area contributed by atoms with Gasteiger partial charge < -0.3 is 10.6 Å². The molecule has 8 heteroatoms. The summed E-state index contributed by atoms with van der Waals surface area (Å²) in [4.78, 5) is 29.5. The van der Waals surface area contributed by atoms with E-state index in [0.29, 0.717) is 5.82 Å². The van der Waals surface area contributed by atoms with Gasteiger partial charge in [0.25, 0.3) is 0 Å². The van der Waals surface area contributed by atoms with E-state index in [1.807, 2.05) is 0 Å². The molecule has 0 bridgehead atoms. The minimum atomic E-state index is -1.20. The number of nitrogens with zero attached hydrogens (tertiary/aromatic N) is 2. The largest absolute Gasteiger partial charge is 0.345 e. The maximum absolute atomic E-state index is 14.0. The molecule has 0 radical (unpaired) electrons. The number of anilines is 1. The number of pyridine rings is 1. The van der Waals surface area contributed by atoms with Crippen molar-refractivity contribution in [2.75, 3.05) is 26.0 Å². The highest BCUT2D eigenvalue weighted by Crippen LogP contribution is 2.24. The van der Waals surface area contributed by atoms with E-state index in [4.69, 9.17) is 0 Å². The first-order valence-corrected chi connectivity index (χ1v) is 7.49. The van der Waals surface area contributed by atoms with E-state index < -0.39 is 29.5 Å². The number of halogens is 2. The van der Waals surface area contributed by atoms with Gasteiger partial charge in [-0.3, -0.25) is 14.5 Å². The lowest BCUT2D eigenvalue weighted by Crippen LogP contribution is -2.41. The average molecular weight is 348 g/mol. The summed E-state index contributed by atoms with van der Waals surface area (Å²) in [5.74, 6) is -2.51. The number of hydrogen-bond acceptors (Lipinski definition) is 4. The van der Waals surface area contributed by atoms with Gasteiger partial charge in [-0.25, -0.2) is 13.8 Å². The van der Waals surface area contributed by atoms with Gasteiger partial charge in [0.2, 0.25) is 11.8 Å². The van der Waals surface area contributed by atoms with E-state index in [1.165, 1.54) is 31.3 Å². The molecule has 0 aliphatic carbocycles. The lowest BCUT2D eigenvalue weighted by molar-refractivity contribution is -0.128. The zero-order chi connectivity index (χ0) is 18.4. The molecule has 0 saturated heterocycles. The fourth-order valence-corrected chi connectivity index (χ4v) is 2.28. The number of likely N-dealkylation sites (N-methyl/N-ethyl adjacent to an activating group) is 1. The second-order valence-corrected chi connectivity index (χ2v) is 5.48. The first-order chi connectivity index (χ1) is 11.9. The lowest BCUT2D eigenvalue weighted by atomic mass is 10.0. The summed E-state index contributed by atoms with van der Waals surface area (Å²) < 4.78 is 27.9. The zero-order valence-corrected chi connectivity index (χ0v) is 13.8. The van der Waals surface area contributed by atoms with Gasteiger partial charge in [-0.15, -0.1) is 0 Å². The Kier molecular flexibility index (Phi) is 6.13. The predicted molar refractivity (Wildman–Crippen MR) is 88.7 cm³/mol. The van der Waals surface area contributed by atoms with E-state index in [2.05, 4.69) is 15.6 Å². The summed E-state index contributed by atoms with van der Waals surface area (Å²) in [5.41, 5.74) is -0.366. The number of carbonyl (C=O) groups is 2. The van der Waals surface area contributed by atoms with Crippen molar-refractivity contribution >= 4 is 17.6 Å². The van der Waals surface area contributed by atoms with Crippen LogP contribution >= 0.6 is 0 Å². The molecule has 0 aliphatic rings. The Bertz CT molecular complexity index is 733. The smallest absolute Gasteiger partial charge is 0.244 e. The van der Waals surface area contributed by atoms with Gasteiger partial charge in [0.05, 0.1) is 12.1 Å². The van der Waals surface area contributed by atoms with E-state index in [9.17, 15) is 18.4 Å². The second-order valence-electron chi connectivity index (χ2n) is 5.48. The first kappa shape index (κ1) is 18.5. The van der Waals surface area contributed by atoms with E-state index in [1.54, 1.807) is 18.2 Å². The molecular weight excluding hydrogens is 330 g/mol. The third kappa shape index (κ3) is 4.80. The Balaban J connectivity index is 2.05. The van der Waals surface area contributed by atoms with Gasteiger partial charge in [-0.2, -0.15) is 0 Å². The highest BCUT2D eigenvalue weighted by molar-refractivity contribution is 5.94. The fraction of sp³-hybridized carbons (Fsp3) is 0.235.